The van der Waals surface area contributed by atoms with Gasteiger partial charge in [0.25, 0.3) is 0 Å². The van der Waals surface area contributed by atoms with Gasteiger partial charge in [-0.15, -0.1) is 0 Å². The molecule has 3 atom stereocenters. The first-order chi connectivity index (χ1) is 13.3. The van der Waals surface area contributed by atoms with E-state index in [1.807, 2.05) is 6.20 Å². The van der Waals surface area contributed by atoms with Gasteiger partial charge >= 0.3 is 0 Å². The Morgan fingerprint density at radius 2 is 2.07 bits per heavy atom. The predicted molar refractivity (Wildman–Crippen MR) is 110 cm³/mol. The number of benzene rings is 1. The van der Waals surface area contributed by atoms with Crippen LogP contribution < -0.4 is 11.1 Å². The average molecular weight is 356 g/mol. The van der Waals surface area contributed by atoms with Gasteiger partial charge in [-0.05, 0) is 66.9 Å². The molecule has 4 nitrogen and oxygen atoms in total. The first kappa shape index (κ1) is 15.3. The highest BCUT2D eigenvalue weighted by Gasteiger charge is 2.34. The summed E-state index contributed by atoms with van der Waals surface area (Å²) in [5.74, 6) is 0.923. The van der Waals surface area contributed by atoms with Gasteiger partial charge in [0.05, 0.1) is 17.8 Å². The monoisotopic (exact) mass is 356 g/mol. The first-order valence-corrected chi connectivity index (χ1v) is 10.1. The van der Waals surface area contributed by atoms with Crippen molar-refractivity contribution in [1.29, 1.82) is 0 Å². The second-order valence-electron chi connectivity index (χ2n) is 8.26. The summed E-state index contributed by atoms with van der Waals surface area (Å²) in [7, 11) is 0. The minimum absolute atomic E-state index is 0.266. The van der Waals surface area contributed by atoms with Crippen LogP contribution in [0.5, 0.6) is 0 Å². The molecule has 0 saturated heterocycles. The molecule has 0 amide bonds. The van der Waals surface area contributed by atoms with Crippen LogP contribution in [0.4, 0.5) is 5.69 Å². The maximum atomic E-state index is 6.28. The normalized spacial score (nSPS) is 29.0. The maximum absolute atomic E-state index is 6.28. The smallest absolute Gasteiger partial charge is 0.0730 e. The van der Waals surface area contributed by atoms with E-state index in [2.05, 4.69) is 52.0 Å². The SMILES string of the molecule is NC1=CCC2C=CC(C3Nc4ccc5[nH]ncc5c4C4=C3CCCC4)=CC12. The highest BCUT2D eigenvalue weighted by Crippen LogP contribution is 2.47. The van der Waals surface area contributed by atoms with Gasteiger partial charge in [-0.3, -0.25) is 5.10 Å². The minimum atomic E-state index is 0.266. The Kier molecular flexibility index (Phi) is 3.19. The molecule has 2 aromatic rings. The zero-order valence-electron chi connectivity index (χ0n) is 15.3. The van der Waals surface area contributed by atoms with Gasteiger partial charge < -0.3 is 11.1 Å². The van der Waals surface area contributed by atoms with E-state index in [0.717, 1.165) is 24.1 Å². The predicted octanol–water partition coefficient (Wildman–Crippen LogP) is 4.66. The summed E-state index contributed by atoms with van der Waals surface area (Å²) in [6.07, 6.45) is 17.3. The molecule has 3 aliphatic carbocycles. The molecule has 0 radical (unpaired) electrons. The van der Waals surface area contributed by atoms with Crippen molar-refractivity contribution < 1.29 is 0 Å². The van der Waals surface area contributed by atoms with Crippen molar-refractivity contribution in [3.63, 3.8) is 0 Å². The molecule has 1 aromatic carbocycles. The third-order valence-electron chi connectivity index (χ3n) is 6.80. The zero-order chi connectivity index (χ0) is 18.0. The largest absolute Gasteiger partial charge is 0.402 e. The summed E-state index contributed by atoms with van der Waals surface area (Å²) in [6.45, 7) is 0. The highest BCUT2D eigenvalue weighted by molar-refractivity contribution is 6.00. The van der Waals surface area contributed by atoms with Crippen LogP contribution in [0.3, 0.4) is 0 Å². The second-order valence-corrected chi connectivity index (χ2v) is 8.26. The molecule has 4 N–H and O–H groups in total. The minimum Gasteiger partial charge on any atom is -0.402 e. The standard InChI is InChI=1S/C23H24N4/c24-19-8-7-13-5-6-14(11-17(13)19)23-16-4-2-1-3-15(16)22-18-12-25-27-20(18)9-10-21(22)26-23/h5-6,8-13,17,23,26H,1-4,7,24H2,(H,25,27). The number of hydrogen-bond acceptors (Lipinski definition) is 3. The Labute approximate surface area is 158 Å². The average Bonchev–Trinajstić information content (AvgIpc) is 3.33. The highest BCUT2D eigenvalue weighted by atomic mass is 15.1. The number of nitrogens with one attached hydrogen (secondary N) is 2. The molecule has 136 valence electrons. The van der Waals surface area contributed by atoms with Crippen LogP contribution in [0.25, 0.3) is 16.5 Å². The van der Waals surface area contributed by atoms with E-state index in [0.29, 0.717) is 11.8 Å². The third-order valence-corrected chi connectivity index (χ3v) is 6.80. The van der Waals surface area contributed by atoms with Crippen LogP contribution >= 0.6 is 0 Å². The number of rotatable bonds is 1. The molecule has 4 aliphatic rings. The molecule has 6 rings (SSSR count). The van der Waals surface area contributed by atoms with Crippen molar-refractivity contribution in [3.8, 4) is 0 Å². The Hall–Kier alpha value is -2.75. The van der Waals surface area contributed by atoms with Crippen LogP contribution in [-0.2, 0) is 0 Å². The lowest BCUT2D eigenvalue weighted by atomic mass is 9.75. The topological polar surface area (TPSA) is 66.7 Å². The second kappa shape index (κ2) is 5.62. The molecular formula is C23H24N4. The van der Waals surface area contributed by atoms with Crippen LogP contribution in [0.1, 0.15) is 37.7 Å². The summed E-state index contributed by atoms with van der Waals surface area (Å²) in [5, 5.41) is 12.5. The van der Waals surface area contributed by atoms with E-state index >= 15 is 0 Å². The van der Waals surface area contributed by atoms with E-state index in [9.17, 15) is 0 Å². The van der Waals surface area contributed by atoms with Crippen molar-refractivity contribution in [3.05, 3.63) is 65.0 Å². The molecule has 0 fully saturated rings. The van der Waals surface area contributed by atoms with Gasteiger partial charge in [0.1, 0.15) is 0 Å². The number of fused-ring (bicyclic) bond motifs is 5. The van der Waals surface area contributed by atoms with Gasteiger partial charge in [0.15, 0.2) is 0 Å². The Morgan fingerprint density at radius 3 is 3.04 bits per heavy atom. The fraction of sp³-hybridized carbons (Fsp3) is 0.348. The fourth-order valence-electron chi connectivity index (χ4n) is 5.43. The number of H-pyrrole nitrogens is 1. The van der Waals surface area contributed by atoms with Crippen LogP contribution in [0, 0.1) is 11.8 Å². The number of nitrogens with zero attached hydrogens (tertiary/aromatic N) is 1. The maximum Gasteiger partial charge on any atom is 0.0730 e. The molecule has 0 bridgehead atoms. The molecule has 0 spiro atoms. The van der Waals surface area contributed by atoms with Crippen molar-refractivity contribution in [2.75, 3.05) is 5.32 Å². The van der Waals surface area contributed by atoms with Crippen molar-refractivity contribution in [2.45, 2.75) is 38.1 Å². The number of anilines is 1. The van der Waals surface area contributed by atoms with E-state index in [1.165, 1.54) is 41.5 Å². The lowest BCUT2D eigenvalue weighted by Gasteiger charge is -2.37. The molecule has 1 aliphatic heterocycles. The number of allylic oxidation sites excluding steroid dienone is 4. The van der Waals surface area contributed by atoms with E-state index in [1.54, 1.807) is 11.1 Å². The molecule has 27 heavy (non-hydrogen) atoms. The molecule has 2 heterocycles. The lowest BCUT2D eigenvalue weighted by molar-refractivity contribution is 0.565. The Morgan fingerprint density at radius 1 is 1.15 bits per heavy atom. The lowest BCUT2D eigenvalue weighted by Crippen LogP contribution is -2.32. The van der Waals surface area contributed by atoms with Crippen molar-refractivity contribution in [1.82, 2.24) is 10.2 Å². The third kappa shape index (κ3) is 2.19. The first-order valence-electron chi connectivity index (χ1n) is 10.1. The number of hydrogen-bond donors (Lipinski definition) is 3. The molecule has 3 unspecified atom stereocenters. The van der Waals surface area contributed by atoms with Crippen molar-refractivity contribution in [2.24, 2.45) is 17.6 Å². The number of nitrogens with two attached hydrogens (primary N) is 1. The Balaban J connectivity index is 1.50. The molecule has 0 saturated carbocycles. The molecular weight excluding hydrogens is 332 g/mol. The van der Waals surface area contributed by atoms with Crippen molar-refractivity contribution >= 4 is 22.2 Å². The quantitative estimate of drug-likeness (QED) is 0.696. The van der Waals surface area contributed by atoms with E-state index in [4.69, 9.17) is 5.73 Å². The summed E-state index contributed by atoms with van der Waals surface area (Å²) < 4.78 is 0. The zero-order valence-corrected chi connectivity index (χ0v) is 15.3. The summed E-state index contributed by atoms with van der Waals surface area (Å²) in [4.78, 5) is 0. The van der Waals surface area contributed by atoms with E-state index in [-0.39, 0.29) is 6.04 Å². The van der Waals surface area contributed by atoms with Gasteiger partial charge in [-0.2, -0.15) is 5.10 Å². The van der Waals surface area contributed by atoms with E-state index < -0.39 is 0 Å². The van der Waals surface area contributed by atoms with Gasteiger partial charge in [-0.1, -0.05) is 24.3 Å². The number of aromatic amines is 1. The fourth-order valence-corrected chi connectivity index (χ4v) is 5.43. The van der Waals surface area contributed by atoms with Gasteiger partial charge in [0, 0.05) is 28.3 Å². The van der Waals surface area contributed by atoms with Gasteiger partial charge in [-0.25, -0.2) is 0 Å². The summed E-state index contributed by atoms with van der Waals surface area (Å²) in [6, 6.07) is 4.61. The molecule has 1 aromatic heterocycles. The summed E-state index contributed by atoms with van der Waals surface area (Å²) in [5.41, 5.74) is 15.5. The Bertz CT molecular complexity index is 1070. The van der Waals surface area contributed by atoms with Crippen LogP contribution in [-0.4, -0.2) is 16.2 Å². The van der Waals surface area contributed by atoms with Crippen LogP contribution in [0.15, 0.2) is 59.5 Å². The summed E-state index contributed by atoms with van der Waals surface area (Å²) >= 11 is 0. The van der Waals surface area contributed by atoms with Gasteiger partial charge in [0.2, 0.25) is 0 Å². The van der Waals surface area contributed by atoms with Crippen LogP contribution in [0.2, 0.25) is 0 Å². The molecule has 4 heteroatoms. The number of aromatic nitrogens is 2.